The quantitative estimate of drug-likeness (QED) is 0.685. The zero-order chi connectivity index (χ0) is 10.4. The van der Waals surface area contributed by atoms with Gasteiger partial charge < -0.3 is 10.6 Å². The van der Waals surface area contributed by atoms with E-state index < -0.39 is 0 Å². The maximum Gasteiger partial charge on any atom is 0.237 e. The van der Waals surface area contributed by atoms with Crippen molar-refractivity contribution in [2.24, 2.45) is 5.92 Å². The third-order valence-corrected chi connectivity index (χ3v) is 2.43. The zero-order valence-corrected chi connectivity index (χ0v) is 8.55. The maximum atomic E-state index is 11.5. The first-order chi connectivity index (χ1) is 6.74. The van der Waals surface area contributed by atoms with Crippen LogP contribution in [0.1, 0.15) is 26.2 Å². The van der Waals surface area contributed by atoms with Crippen LogP contribution in [0.25, 0.3) is 0 Å². The molecule has 1 unspecified atom stereocenters. The Bertz CT molecular complexity index is 228. The van der Waals surface area contributed by atoms with Crippen LogP contribution in [-0.2, 0) is 4.79 Å². The second-order valence-corrected chi connectivity index (χ2v) is 3.78. The topological polar surface area (TPSA) is 64.9 Å². The number of carbonyl (C=O) groups excluding carboxylic acids is 1. The molecule has 0 radical (unpaired) electrons. The van der Waals surface area contributed by atoms with Crippen LogP contribution in [0.15, 0.2) is 0 Å². The molecule has 2 N–H and O–H groups in total. The van der Waals surface area contributed by atoms with Crippen LogP contribution in [0.5, 0.6) is 0 Å². The number of rotatable bonds is 3. The highest BCUT2D eigenvalue weighted by molar-refractivity contribution is 5.81. The van der Waals surface area contributed by atoms with Gasteiger partial charge in [-0.2, -0.15) is 5.26 Å². The molecule has 0 aromatic rings. The summed E-state index contributed by atoms with van der Waals surface area (Å²) in [5.74, 6) is -0.0747. The van der Waals surface area contributed by atoms with Crippen LogP contribution in [0.3, 0.4) is 0 Å². The molecule has 0 bridgehead atoms. The average Bonchev–Trinajstić information content (AvgIpc) is 2.26. The SMILES string of the molecule is CC(C#N)CNC(=O)[C@@H]1CCCCN1. The van der Waals surface area contributed by atoms with Gasteiger partial charge in [0, 0.05) is 6.54 Å². The lowest BCUT2D eigenvalue weighted by Crippen LogP contribution is -2.47. The van der Waals surface area contributed by atoms with Gasteiger partial charge in [-0.25, -0.2) is 0 Å². The Morgan fingerprint density at radius 2 is 2.50 bits per heavy atom. The molecule has 0 aromatic heterocycles. The Morgan fingerprint density at radius 1 is 1.71 bits per heavy atom. The third-order valence-electron chi connectivity index (χ3n) is 2.43. The second kappa shape index (κ2) is 5.61. The van der Waals surface area contributed by atoms with E-state index in [9.17, 15) is 4.79 Å². The van der Waals surface area contributed by atoms with Gasteiger partial charge in [0.15, 0.2) is 0 Å². The Balaban J connectivity index is 2.24. The van der Waals surface area contributed by atoms with E-state index in [4.69, 9.17) is 5.26 Å². The molecule has 1 heterocycles. The molecule has 0 spiro atoms. The first-order valence-electron chi connectivity index (χ1n) is 5.14. The molecule has 1 aliphatic heterocycles. The minimum atomic E-state index is -0.109. The number of hydrogen-bond donors (Lipinski definition) is 2. The van der Waals surface area contributed by atoms with Crippen molar-refractivity contribution >= 4 is 5.91 Å². The number of carbonyl (C=O) groups is 1. The predicted molar refractivity (Wildman–Crippen MR) is 53.4 cm³/mol. The normalized spacial score (nSPS) is 23.6. The van der Waals surface area contributed by atoms with Crippen molar-refractivity contribution in [2.45, 2.75) is 32.2 Å². The Hall–Kier alpha value is -1.08. The largest absolute Gasteiger partial charge is 0.353 e. The molecule has 14 heavy (non-hydrogen) atoms. The van der Waals surface area contributed by atoms with E-state index in [1.165, 1.54) is 0 Å². The van der Waals surface area contributed by atoms with Crippen molar-refractivity contribution in [3.63, 3.8) is 0 Å². The van der Waals surface area contributed by atoms with Gasteiger partial charge in [0.1, 0.15) is 0 Å². The molecule has 1 rings (SSSR count). The van der Waals surface area contributed by atoms with Gasteiger partial charge in [-0.05, 0) is 26.3 Å². The molecule has 1 amide bonds. The molecule has 2 atom stereocenters. The van der Waals surface area contributed by atoms with E-state index in [0.717, 1.165) is 25.8 Å². The molecule has 0 saturated carbocycles. The maximum absolute atomic E-state index is 11.5. The summed E-state index contributed by atoms with van der Waals surface area (Å²) in [6.07, 6.45) is 3.17. The lowest BCUT2D eigenvalue weighted by molar-refractivity contribution is -0.123. The summed E-state index contributed by atoms with van der Waals surface area (Å²) in [6, 6.07) is 2.04. The number of nitrogens with one attached hydrogen (secondary N) is 2. The molecular weight excluding hydrogens is 178 g/mol. The summed E-state index contributed by atoms with van der Waals surface area (Å²) < 4.78 is 0. The summed E-state index contributed by atoms with van der Waals surface area (Å²) in [7, 11) is 0. The standard InChI is InChI=1S/C10H17N3O/c1-8(6-11)7-13-10(14)9-4-2-3-5-12-9/h8-9,12H,2-5,7H2,1H3,(H,13,14)/t8?,9-/m0/s1. The molecule has 78 valence electrons. The van der Waals surface area contributed by atoms with E-state index >= 15 is 0 Å². The van der Waals surface area contributed by atoms with Crippen molar-refractivity contribution in [3.8, 4) is 6.07 Å². The van der Waals surface area contributed by atoms with E-state index in [1.54, 1.807) is 6.92 Å². The molecule has 4 heteroatoms. The number of nitrogens with zero attached hydrogens (tertiary/aromatic N) is 1. The van der Waals surface area contributed by atoms with Crippen molar-refractivity contribution in [3.05, 3.63) is 0 Å². The summed E-state index contributed by atoms with van der Waals surface area (Å²) in [6.45, 7) is 3.17. The number of hydrogen-bond acceptors (Lipinski definition) is 3. The molecule has 1 saturated heterocycles. The Kier molecular flexibility index (Phi) is 4.41. The fourth-order valence-electron chi connectivity index (χ4n) is 1.50. The smallest absolute Gasteiger partial charge is 0.237 e. The van der Waals surface area contributed by atoms with Gasteiger partial charge in [0.05, 0.1) is 18.0 Å². The van der Waals surface area contributed by atoms with Crippen molar-refractivity contribution in [2.75, 3.05) is 13.1 Å². The first kappa shape index (κ1) is 11.0. The van der Waals surface area contributed by atoms with E-state index in [0.29, 0.717) is 6.54 Å². The molecule has 0 aromatic carbocycles. The van der Waals surface area contributed by atoms with Crippen molar-refractivity contribution in [1.29, 1.82) is 5.26 Å². The number of nitriles is 1. The molecule has 1 aliphatic rings. The van der Waals surface area contributed by atoms with Crippen LogP contribution in [0, 0.1) is 17.2 Å². The van der Waals surface area contributed by atoms with Gasteiger partial charge in [-0.15, -0.1) is 0 Å². The van der Waals surface area contributed by atoms with Gasteiger partial charge in [0.25, 0.3) is 0 Å². The number of piperidine rings is 1. The van der Waals surface area contributed by atoms with E-state index in [2.05, 4.69) is 16.7 Å². The molecule has 4 nitrogen and oxygen atoms in total. The van der Waals surface area contributed by atoms with Gasteiger partial charge >= 0.3 is 0 Å². The van der Waals surface area contributed by atoms with E-state index in [-0.39, 0.29) is 17.9 Å². The Labute approximate surface area is 84.7 Å². The van der Waals surface area contributed by atoms with Crippen LogP contribution in [-0.4, -0.2) is 25.0 Å². The lowest BCUT2D eigenvalue weighted by atomic mass is 10.0. The van der Waals surface area contributed by atoms with E-state index in [1.807, 2.05) is 0 Å². The average molecular weight is 195 g/mol. The summed E-state index contributed by atoms with van der Waals surface area (Å²) >= 11 is 0. The van der Waals surface area contributed by atoms with Gasteiger partial charge in [-0.3, -0.25) is 4.79 Å². The summed E-state index contributed by atoms with van der Waals surface area (Å²) in [5, 5.41) is 14.5. The highest BCUT2D eigenvalue weighted by Gasteiger charge is 2.20. The summed E-state index contributed by atoms with van der Waals surface area (Å²) in [4.78, 5) is 11.5. The summed E-state index contributed by atoms with van der Waals surface area (Å²) in [5.41, 5.74) is 0. The highest BCUT2D eigenvalue weighted by atomic mass is 16.2. The van der Waals surface area contributed by atoms with Crippen LogP contribution in [0.4, 0.5) is 0 Å². The second-order valence-electron chi connectivity index (χ2n) is 3.78. The Morgan fingerprint density at radius 3 is 3.07 bits per heavy atom. The first-order valence-corrected chi connectivity index (χ1v) is 5.14. The molecule has 1 fully saturated rings. The zero-order valence-electron chi connectivity index (χ0n) is 8.55. The van der Waals surface area contributed by atoms with Crippen LogP contribution < -0.4 is 10.6 Å². The minimum absolute atomic E-state index is 0.0341. The fourth-order valence-corrected chi connectivity index (χ4v) is 1.50. The predicted octanol–water partition coefficient (Wildman–Crippen LogP) is 0.404. The third kappa shape index (κ3) is 3.35. The minimum Gasteiger partial charge on any atom is -0.353 e. The fraction of sp³-hybridized carbons (Fsp3) is 0.800. The van der Waals surface area contributed by atoms with Gasteiger partial charge in [-0.1, -0.05) is 6.42 Å². The molecular formula is C10H17N3O. The van der Waals surface area contributed by atoms with Crippen molar-refractivity contribution in [1.82, 2.24) is 10.6 Å². The lowest BCUT2D eigenvalue weighted by Gasteiger charge is -2.22. The van der Waals surface area contributed by atoms with Crippen LogP contribution in [0.2, 0.25) is 0 Å². The van der Waals surface area contributed by atoms with Gasteiger partial charge in [0.2, 0.25) is 5.91 Å². The van der Waals surface area contributed by atoms with Crippen LogP contribution >= 0.6 is 0 Å². The molecule has 0 aliphatic carbocycles. The highest BCUT2D eigenvalue weighted by Crippen LogP contribution is 2.06. The number of amides is 1. The monoisotopic (exact) mass is 195 g/mol. The van der Waals surface area contributed by atoms with Crippen molar-refractivity contribution < 1.29 is 4.79 Å².